The Balaban J connectivity index is 2.11. The summed E-state index contributed by atoms with van der Waals surface area (Å²) < 4.78 is 6.05. The Kier molecular flexibility index (Phi) is 5.30. The molecule has 0 spiro atoms. The van der Waals surface area contributed by atoms with E-state index in [9.17, 15) is 9.59 Å². The van der Waals surface area contributed by atoms with Crippen molar-refractivity contribution in [3.63, 3.8) is 0 Å². The Hall–Kier alpha value is -1.92. The zero-order valence-electron chi connectivity index (χ0n) is 11.7. The third-order valence-electron chi connectivity index (χ3n) is 3.15. The van der Waals surface area contributed by atoms with Crippen LogP contribution in [0.15, 0.2) is 29.6 Å². The van der Waals surface area contributed by atoms with Gasteiger partial charge in [-0.1, -0.05) is 18.2 Å². The van der Waals surface area contributed by atoms with E-state index in [1.165, 1.54) is 12.0 Å². The lowest BCUT2D eigenvalue weighted by Crippen LogP contribution is -2.38. The highest BCUT2D eigenvalue weighted by Crippen LogP contribution is 2.26. The molecule has 1 aromatic heterocycles. The van der Waals surface area contributed by atoms with Crippen molar-refractivity contribution in [1.82, 2.24) is 4.90 Å². The number of benzene rings is 1. The lowest BCUT2D eigenvalue weighted by atomic mass is 10.1. The predicted octanol–water partition coefficient (Wildman–Crippen LogP) is 2.00. The number of fused-ring (bicyclic) bond motifs is 1. The highest BCUT2D eigenvalue weighted by atomic mass is 32.1. The number of amides is 1. The van der Waals surface area contributed by atoms with Crippen LogP contribution in [0.25, 0.3) is 10.1 Å². The Morgan fingerprint density at radius 1 is 1.33 bits per heavy atom. The summed E-state index contributed by atoms with van der Waals surface area (Å²) in [6, 6.07) is 7.88. The number of hydrogen-bond donors (Lipinski definition) is 1. The normalized spacial score (nSPS) is 10.7. The number of carbonyl (C=O) groups excluding carboxylic acids is 1. The van der Waals surface area contributed by atoms with Gasteiger partial charge in [0.25, 0.3) is 0 Å². The first-order valence-electron chi connectivity index (χ1n) is 6.55. The molecule has 0 unspecified atom stereocenters. The molecule has 0 saturated heterocycles. The van der Waals surface area contributed by atoms with E-state index < -0.39 is 5.97 Å². The van der Waals surface area contributed by atoms with Crippen LogP contribution in [0.4, 0.5) is 0 Å². The van der Waals surface area contributed by atoms with Crippen LogP contribution in [0.3, 0.4) is 0 Å². The Morgan fingerprint density at radius 3 is 2.81 bits per heavy atom. The summed E-state index contributed by atoms with van der Waals surface area (Å²) in [5.41, 5.74) is 0.938. The summed E-state index contributed by atoms with van der Waals surface area (Å²) in [5, 5.41) is 11.9. The van der Waals surface area contributed by atoms with Gasteiger partial charge in [0.2, 0.25) is 5.91 Å². The van der Waals surface area contributed by atoms with E-state index in [-0.39, 0.29) is 25.4 Å². The van der Waals surface area contributed by atoms with Gasteiger partial charge < -0.3 is 14.7 Å². The standard InChI is InChI=1S/C15H17NO4S/c1-20-7-6-16(9-15(18)19)14(17)8-11-10-21-13-5-3-2-4-12(11)13/h2-5,10H,6-9H2,1H3,(H,18,19). The maximum Gasteiger partial charge on any atom is 0.323 e. The third-order valence-corrected chi connectivity index (χ3v) is 4.16. The third kappa shape index (κ3) is 4.03. The molecule has 21 heavy (non-hydrogen) atoms. The van der Waals surface area contributed by atoms with E-state index in [1.54, 1.807) is 11.3 Å². The lowest BCUT2D eigenvalue weighted by molar-refractivity contribution is -0.144. The number of hydrogen-bond acceptors (Lipinski definition) is 4. The number of carbonyl (C=O) groups is 2. The van der Waals surface area contributed by atoms with E-state index in [4.69, 9.17) is 9.84 Å². The molecule has 1 heterocycles. The summed E-state index contributed by atoms with van der Waals surface area (Å²) in [7, 11) is 1.52. The molecular formula is C15H17NO4S. The van der Waals surface area contributed by atoms with Gasteiger partial charge in [0.1, 0.15) is 6.54 Å². The molecule has 0 aliphatic carbocycles. The van der Waals surface area contributed by atoms with Crippen molar-refractivity contribution in [3.05, 3.63) is 35.2 Å². The molecule has 1 N–H and O–H groups in total. The van der Waals surface area contributed by atoms with Gasteiger partial charge in [-0.3, -0.25) is 9.59 Å². The van der Waals surface area contributed by atoms with Gasteiger partial charge in [-0.2, -0.15) is 0 Å². The number of thiophene rings is 1. The van der Waals surface area contributed by atoms with Crippen molar-refractivity contribution < 1.29 is 19.4 Å². The second-order valence-electron chi connectivity index (χ2n) is 4.64. The van der Waals surface area contributed by atoms with Crippen molar-refractivity contribution in [2.24, 2.45) is 0 Å². The van der Waals surface area contributed by atoms with Crippen molar-refractivity contribution in [3.8, 4) is 0 Å². The molecule has 0 fully saturated rings. The molecule has 2 rings (SSSR count). The Labute approximate surface area is 126 Å². The van der Waals surface area contributed by atoms with Crippen molar-refractivity contribution in [1.29, 1.82) is 0 Å². The van der Waals surface area contributed by atoms with E-state index >= 15 is 0 Å². The second kappa shape index (κ2) is 7.19. The van der Waals surface area contributed by atoms with Crippen molar-refractivity contribution in [2.45, 2.75) is 6.42 Å². The molecule has 1 aromatic carbocycles. The molecule has 112 valence electrons. The summed E-state index contributed by atoms with van der Waals surface area (Å²) >= 11 is 1.59. The minimum Gasteiger partial charge on any atom is -0.480 e. The van der Waals surface area contributed by atoms with Gasteiger partial charge in [-0.25, -0.2) is 0 Å². The zero-order chi connectivity index (χ0) is 15.2. The summed E-state index contributed by atoms with van der Waals surface area (Å²) in [6.07, 6.45) is 0.209. The topological polar surface area (TPSA) is 66.8 Å². The molecule has 0 aliphatic heterocycles. The van der Waals surface area contributed by atoms with Crippen LogP contribution in [-0.4, -0.2) is 48.7 Å². The van der Waals surface area contributed by atoms with Crippen LogP contribution >= 0.6 is 11.3 Å². The SMILES string of the molecule is COCCN(CC(=O)O)C(=O)Cc1csc2ccccc12. The number of nitrogens with zero attached hydrogens (tertiary/aromatic N) is 1. The molecule has 0 bridgehead atoms. The van der Waals surface area contributed by atoms with Gasteiger partial charge in [0, 0.05) is 18.4 Å². The largest absolute Gasteiger partial charge is 0.480 e. The van der Waals surface area contributed by atoms with Crippen LogP contribution < -0.4 is 0 Å². The van der Waals surface area contributed by atoms with E-state index in [1.807, 2.05) is 29.6 Å². The van der Waals surface area contributed by atoms with Crippen LogP contribution in [0.1, 0.15) is 5.56 Å². The first-order valence-corrected chi connectivity index (χ1v) is 7.43. The first kappa shape index (κ1) is 15.5. The van der Waals surface area contributed by atoms with Crippen molar-refractivity contribution in [2.75, 3.05) is 26.8 Å². The molecular weight excluding hydrogens is 290 g/mol. The molecule has 2 aromatic rings. The van der Waals surface area contributed by atoms with Crippen LogP contribution in [0.5, 0.6) is 0 Å². The van der Waals surface area contributed by atoms with Crippen LogP contribution in [0, 0.1) is 0 Å². The van der Waals surface area contributed by atoms with E-state index in [0.717, 1.165) is 15.6 Å². The Morgan fingerprint density at radius 2 is 2.10 bits per heavy atom. The minimum absolute atomic E-state index is 0.196. The monoisotopic (exact) mass is 307 g/mol. The average molecular weight is 307 g/mol. The van der Waals surface area contributed by atoms with Crippen LogP contribution in [0.2, 0.25) is 0 Å². The van der Waals surface area contributed by atoms with Gasteiger partial charge in [-0.15, -0.1) is 11.3 Å². The fourth-order valence-electron chi connectivity index (χ4n) is 2.10. The molecule has 1 amide bonds. The molecule has 0 saturated carbocycles. The zero-order valence-corrected chi connectivity index (χ0v) is 12.6. The fraction of sp³-hybridized carbons (Fsp3) is 0.333. The molecule has 0 radical (unpaired) electrons. The molecule has 0 atom stereocenters. The quantitative estimate of drug-likeness (QED) is 0.849. The number of carboxylic acids is 1. The maximum absolute atomic E-state index is 12.3. The average Bonchev–Trinajstić information content (AvgIpc) is 2.86. The second-order valence-corrected chi connectivity index (χ2v) is 5.55. The number of carboxylic acid groups (broad SMARTS) is 1. The predicted molar refractivity (Wildman–Crippen MR) is 81.6 cm³/mol. The highest BCUT2D eigenvalue weighted by molar-refractivity contribution is 7.17. The summed E-state index contributed by atoms with van der Waals surface area (Å²) in [5.74, 6) is -1.22. The van der Waals surface area contributed by atoms with Crippen LogP contribution in [-0.2, 0) is 20.7 Å². The molecule has 0 aliphatic rings. The molecule has 5 nitrogen and oxygen atoms in total. The Bertz CT molecular complexity index is 637. The lowest BCUT2D eigenvalue weighted by Gasteiger charge is -2.20. The van der Waals surface area contributed by atoms with Gasteiger partial charge in [0.05, 0.1) is 13.0 Å². The number of rotatable bonds is 7. The summed E-state index contributed by atoms with van der Waals surface area (Å²) in [6.45, 7) is 0.303. The fourth-order valence-corrected chi connectivity index (χ4v) is 3.06. The van der Waals surface area contributed by atoms with Gasteiger partial charge in [0.15, 0.2) is 0 Å². The number of aliphatic carboxylic acids is 1. The van der Waals surface area contributed by atoms with Gasteiger partial charge in [-0.05, 0) is 22.4 Å². The van der Waals surface area contributed by atoms with E-state index in [2.05, 4.69) is 0 Å². The molecule has 6 heteroatoms. The van der Waals surface area contributed by atoms with Gasteiger partial charge >= 0.3 is 5.97 Å². The first-order chi connectivity index (χ1) is 10.1. The minimum atomic E-state index is -1.02. The maximum atomic E-state index is 12.3. The van der Waals surface area contributed by atoms with Crippen molar-refractivity contribution >= 4 is 33.3 Å². The van der Waals surface area contributed by atoms with E-state index in [0.29, 0.717) is 6.61 Å². The summed E-state index contributed by atoms with van der Waals surface area (Å²) in [4.78, 5) is 24.5. The smallest absolute Gasteiger partial charge is 0.323 e. The highest BCUT2D eigenvalue weighted by Gasteiger charge is 2.18. The number of ether oxygens (including phenoxy) is 1. The number of methoxy groups -OCH3 is 1.